The fourth-order valence-electron chi connectivity index (χ4n) is 3.99. The van der Waals surface area contributed by atoms with Crippen LogP contribution in [-0.2, 0) is 25.8 Å². The molecule has 1 saturated heterocycles. The Balaban J connectivity index is 1.47. The number of amides is 2. The number of rotatable bonds is 4. The Morgan fingerprint density at radius 2 is 1.75 bits per heavy atom. The summed E-state index contributed by atoms with van der Waals surface area (Å²) in [5, 5.41) is 0. The molecule has 0 aromatic heterocycles. The van der Waals surface area contributed by atoms with E-state index in [1.807, 2.05) is 23.1 Å². The van der Waals surface area contributed by atoms with Gasteiger partial charge in [0.2, 0.25) is 11.8 Å². The van der Waals surface area contributed by atoms with Crippen molar-refractivity contribution < 1.29 is 18.0 Å². The molecule has 4 rings (SSSR count). The van der Waals surface area contributed by atoms with E-state index in [-0.39, 0.29) is 41.5 Å². The van der Waals surface area contributed by atoms with Crippen LogP contribution in [0.3, 0.4) is 0 Å². The Morgan fingerprint density at radius 3 is 2.54 bits per heavy atom. The van der Waals surface area contributed by atoms with Crippen molar-refractivity contribution in [2.75, 3.05) is 25.4 Å². The first-order valence-corrected chi connectivity index (χ1v) is 11.0. The highest BCUT2D eigenvalue weighted by molar-refractivity contribution is 7.91. The van der Waals surface area contributed by atoms with Crippen LogP contribution in [0, 0.1) is 0 Å². The number of benzene rings is 2. The second-order valence-electron chi connectivity index (χ2n) is 7.21. The largest absolute Gasteiger partial charge is 0.332 e. The lowest BCUT2D eigenvalue weighted by molar-refractivity contribution is -0.149. The van der Waals surface area contributed by atoms with Crippen LogP contribution in [0.4, 0.5) is 0 Å². The van der Waals surface area contributed by atoms with Gasteiger partial charge >= 0.3 is 0 Å². The fraction of sp³-hybridized carbons (Fsp3) is 0.333. The Morgan fingerprint density at radius 1 is 1.04 bits per heavy atom. The van der Waals surface area contributed by atoms with E-state index in [1.165, 1.54) is 22.6 Å². The molecule has 0 N–H and O–H groups in total. The van der Waals surface area contributed by atoms with E-state index >= 15 is 0 Å². The first-order chi connectivity index (χ1) is 13.5. The minimum absolute atomic E-state index is 0.0168. The number of fused-ring (bicyclic) bond motifs is 3. The highest BCUT2D eigenvalue weighted by Gasteiger charge is 2.38. The second kappa shape index (κ2) is 7.39. The van der Waals surface area contributed by atoms with Gasteiger partial charge in [0.25, 0.3) is 0 Å². The topological polar surface area (TPSA) is 74.8 Å². The molecule has 146 valence electrons. The minimum atomic E-state index is -3.52. The molecule has 7 heteroatoms. The molecule has 2 aromatic rings. The normalized spacial score (nSPS) is 19.1. The zero-order chi connectivity index (χ0) is 19.7. The van der Waals surface area contributed by atoms with Gasteiger partial charge in [0, 0.05) is 19.5 Å². The number of nitrogens with zero attached hydrogens (tertiary/aromatic N) is 2. The number of carbonyl (C=O) groups excluding carboxylic acids is 2. The lowest BCUT2D eigenvalue weighted by Gasteiger charge is -2.44. The lowest BCUT2D eigenvalue weighted by Crippen LogP contribution is -2.55. The van der Waals surface area contributed by atoms with Gasteiger partial charge in [-0.15, -0.1) is 0 Å². The minimum Gasteiger partial charge on any atom is -0.332 e. The van der Waals surface area contributed by atoms with Gasteiger partial charge in [0.15, 0.2) is 9.84 Å². The summed E-state index contributed by atoms with van der Waals surface area (Å²) in [6.45, 7) is 1.08. The van der Waals surface area contributed by atoms with E-state index < -0.39 is 9.84 Å². The summed E-state index contributed by atoms with van der Waals surface area (Å²) >= 11 is 0. The summed E-state index contributed by atoms with van der Waals surface area (Å²) in [5.41, 5.74) is 2.29. The Bertz CT molecular complexity index is 1000. The highest BCUT2D eigenvalue weighted by Crippen LogP contribution is 2.33. The average molecular weight is 398 g/mol. The van der Waals surface area contributed by atoms with Gasteiger partial charge in [-0.05, 0) is 29.7 Å². The molecule has 0 saturated carbocycles. The Kier molecular flexibility index (Phi) is 4.93. The zero-order valence-corrected chi connectivity index (χ0v) is 16.3. The molecule has 0 aliphatic carbocycles. The van der Waals surface area contributed by atoms with E-state index in [0.29, 0.717) is 13.1 Å². The molecule has 1 unspecified atom stereocenters. The van der Waals surface area contributed by atoms with Gasteiger partial charge in [-0.1, -0.05) is 42.5 Å². The number of hydrogen-bond donors (Lipinski definition) is 0. The second-order valence-corrected chi connectivity index (χ2v) is 9.32. The molecule has 6 nitrogen and oxygen atoms in total. The van der Waals surface area contributed by atoms with Crippen LogP contribution >= 0.6 is 0 Å². The van der Waals surface area contributed by atoms with Crippen LogP contribution in [0.2, 0.25) is 0 Å². The van der Waals surface area contributed by atoms with Crippen LogP contribution < -0.4 is 0 Å². The maximum atomic E-state index is 12.7. The maximum absolute atomic E-state index is 12.7. The number of carbonyl (C=O) groups is 2. The van der Waals surface area contributed by atoms with Crippen molar-refractivity contribution >= 4 is 21.7 Å². The van der Waals surface area contributed by atoms with E-state index in [1.54, 1.807) is 18.2 Å². The summed E-state index contributed by atoms with van der Waals surface area (Å²) < 4.78 is 24.9. The number of hydrogen-bond acceptors (Lipinski definition) is 4. The molecule has 0 spiro atoms. The fourth-order valence-corrected chi connectivity index (χ4v) is 5.24. The van der Waals surface area contributed by atoms with Gasteiger partial charge in [-0.3, -0.25) is 9.59 Å². The van der Waals surface area contributed by atoms with Gasteiger partial charge in [0.05, 0.1) is 23.2 Å². The lowest BCUT2D eigenvalue weighted by atomic mass is 9.90. The van der Waals surface area contributed by atoms with Crippen LogP contribution in [0.25, 0.3) is 0 Å². The van der Waals surface area contributed by atoms with E-state index in [4.69, 9.17) is 0 Å². The summed E-state index contributed by atoms with van der Waals surface area (Å²) in [6, 6.07) is 16.0. The van der Waals surface area contributed by atoms with Crippen molar-refractivity contribution in [1.29, 1.82) is 0 Å². The number of piperazine rings is 1. The third-order valence-corrected chi connectivity index (χ3v) is 7.22. The van der Waals surface area contributed by atoms with Crippen molar-refractivity contribution in [2.24, 2.45) is 0 Å². The van der Waals surface area contributed by atoms with Gasteiger partial charge in [-0.2, -0.15) is 0 Å². The molecular weight excluding hydrogens is 376 g/mol. The average Bonchev–Trinajstić information content (AvgIpc) is 2.72. The van der Waals surface area contributed by atoms with Crippen LogP contribution in [0.15, 0.2) is 59.5 Å². The Hall–Kier alpha value is -2.67. The predicted molar refractivity (Wildman–Crippen MR) is 104 cm³/mol. The van der Waals surface area contributed by atoms with Crippen molar-refractivity contribution in [1.82, 2.24) is 9.80 Å². The first kappa shape index (κ1) is 18.7. The van der Waals surface area contributed by atoms with Crippen molar-refractivity contribution in [3.05, 3.63) is 65.7 Å². The molecule has 1 fully saturated rings. The molecule has 2 aliphatic heterocycles. The molecule has 1 atom stereocenters. The zero-order valence-electron chi connectivity index (χ0n) is 15.5. The molecule has 2 amide bonds. The smallest absolute Gasteiger partial charge is 0.242 e. The van der Waals surface area contributed by atoms with Crippen molar-refractivity contribution in [3.8, 4) is 0 Å². The summed E-state index contributed by atoms with van der Waals surface area (Å²) in [6.07, 6.45) is 0.695. The van der Waals surface area contributed by atoms with Gasteiger partial charge in [0.1, 0.15) is 0 Å². The highest BCUT2D eigenvalue weighted by atomic mass is 32.2. The predicted octanol–water partition coefficient (Wildman–Crippen LogP) is 1.82. The van der Waals surface area contributed by atoms with E-state index in [2.05, 4.69) is 6.07 Å². The van der Waals surface area contributed by atoms with Gasteiger partial charge in [-0.25, -0.2) is 8.42 Å². The molecule has 2 heterocycles. The van der Waals surface area contributed by atoms with E-state index in [0.717, 1.165) is 12.0 Å². The monoisotopic (exact) mass is 398 g/mol. The van der Waals surface area contributed by atoms with Gasteiger partial charge < -0.3 is 9.80 Å². The summed E-state index contributed by atoms with van der Waals surface area (Å²) in [7, 11) is -3.52. The van der Waals surface area contributed by atoms with Crippen molar-refractivity contribution in [3.63, 3.8) is 0 Å². The Labute approximate surface area is 164 Å². The third kappa shape index (κ3) is 3.54. The molecule has 2 aliphatic rings. The summed E-state index contributed by atoms with van der Waals surface area (Å²) in [4.78, 5) is 28.8. The molecular formula is C21H22N2O4S. The van der Waals surface area contributed by atoms with Crippen molar-refractivity contribution in [2.45, 2.75) is 23.8 Å². The quantitative estimate of drug-likeness (QED) is 0.787. The standard InChI is InChI=1S/C21H22N2O4S/c24-20(11-13-28(26,27)17-7-2-1-3-8-17)22-14-19-18-9-5-4-6-16(18)10-12-23(19)21(25)15-22/h1-9,19H,10-15H2. The van der Waals surface area contributed by atoms with Crippen LogP contribution in [-0.4, -0.2) is 55.4 Å². The van der Waals surface area contributed by atoms with E-state index in [9.17, 15) is 18.0 Å². The summed E-state index contributed by atoms with van der Waals surface area (Å²) in [5.74, 6) is -0.633. The maximum Gasteiger partial charge on any atom is 0.242 e. The molecule has 2 aromatic carbocycles. The van der Waals surface area contributed by atoms with Crippen LogP contribution in [0.5, 0.6) is 0 Å². The number of sulfone groups is 1. The van der Waals surface area contributed by atoms with Crippen LogP contribution in [0.1, 0.15) is 23.6 Å². The first-order valence-electron chi connectivity index (χ1n) is 9.38. The molecule has 0 radical (unpaired) electrons. The molecule has 28 heavy (non-hydrogen) atoms. The SMILES string of the molecule is O=C(CCS(=O)(=O)c1ccccc1)N1CC(=O)N2CCc3ccccc3C2C1. The third-order valence-electron chi connectivity index (χ3n) is 5.49. The molecule has 0 bridgehead atoms.